The lowest BCUT2D eigenvalue weighted by atomic mass is 9.92. The molecule has 2 N–H and O–H groups in total. The Morgan fingerprint density at radius 2 is 2.38 bits per heavy atom. The smallest absolute Gasteiger partial charge is 0.328 e. The summed E-state index contributed by atoms with van der Waals surface area (Å²) in [7, 11) is 0. The molecule has 16 heavy (non-hydrogen) atoms. The fraction of sp³-hybridized carbons (Fsp3) is 0.250. The average Bonchev–Trinajstić information content (AvgIpc) is 2.25. The van der Waals surface area contributed by atoms with Gasteiger partial charge in [0.15, 0.2) is 0 Å². The van der Waals surface area contributed by atoms with Crippen LogP contribution in [-0.4, -0.2) is 17.6 Å². The highest BCUT2D eigenvalue weighted by molar-refractivity contribution is 5.80. The summed E-state index contributed by atoms with van der Waals surface area (Å²) in [5.41, 5.74) is -0.933. The fourth-order valence-corrected chi connectivity index (χ4v) is 1.38. The molecule has 86 valence electrons. The molecular weight excluding hydrogens is 209 g/mol. The summed E-state index contributed by atoms with van der Waals surface area (Å²) in [4.78, 5) is 11.2. The van der Waals surface area contributed by atoms with Crippen LogP contribution in [0.5, 0.6) is 0 Å². The average molecular weight is 223 g/mol. The van der Waals surface area contributed by atoms with Gasteiger partial charge >= 0.3 is 5.97 Å². The van der Waals surface area contributed by atoms with E-state index in [0.29, 0.717) is 12.1 Å². The molecule has 1 atom stereocenters. The van der Waals surface area contributed by atoms with Gasteiger partial charge in [0.25, 0.3) is 0 Å². The molecule has 0 aromatic heterocycles. The standard InChI is InChI=1S/C12H14FNO2/c1-3-7-14-12(2,11(15)16)9-5-4-6-10(13)8-9/h3-6,8,14H,1,7H2,2H3,(H,15,16). The quantitative estimate of drug-likeness (QED) is 0.749. The van der Waals surface area contributed by atoms with Gasteiger partial charge < -0.3 is 5.11 Å². The minimum absolute atomic E-state index is 0.333. The lowest BCUT2D eigenvalue weighted by Crippen LogP contribution is -2.46. The molecule has 0 aliphatic carbocycles. The van der Waals surface area contributed by atoms with E-state index in [1.165, 1.54) is 25.1 Å². The van der Waals surface area contributed by atoms with E-state index in [4.69, 9.17) is 0 Å². The molecule has 0 bridgehead atoms. The van der Waals surface area contributed by atoms with Crippen LogP contribution in [0.2, 0.25) is 0 Å². The van der Waals surface area contributed by atoms with Crippen LogP contribution in [0.4, 0.5) is 4.39 Å². The minimum atomic E-state index is -1.31. The van der Waals surface area contributed by atoms with E-state index in [2.05, 4.69) is 11.9 Å². The largest absolute Gasteiger partial charge is 0.480 e. The van der Waals surface area contributed by atoms with Crippen LogP contribution in [0.3, 0.4) is 0 Å². The second-order valence-electron chi connectivity index (χ2n) is 3.61. The third kappa shape index (κ3) is 2.46. The van der Waals surface area contributed by atoms with Crippen molar-refractivity contribution in [1.82, 2.24) is 5.32 Å². The second-order valence-corrected chi connectivity index (χ2v) is 3.61. The fourth-order valence-electron chi connectivity index (χ4n) is 1.38. The molecule has 0 radical (unpaired) electrons. The molecule has 0 spiro atoms. The lowest BCUT2D eigenvalue weighted by Gasteiger charge is -2.26. The van der Waals surface area contributed by atoms with E-state index in [1.54, 1.807) is 12.1 Å². The first-order valence-corrected chi connectivity index (χ1v) is 4.86. The summed E-state index contributed by atoms with van der Waals surface area (Å²) in [6, 6.07) is 5.55. The van der Waals surface area contributed by atoms with Crippen molar-refractivity contribution in [2.45, 2.75) is 12.5 Å². The number of hydrogen-bond donors (Lipinski definition) is 2. The molecule has 0 saturated carbocycles. The molecule has 3 nitrogen and oxygen atoms in total. The normalized spacial score (nSPS) is 14.1. The van der Waals surface area contributed by atoms with Crippen molar-refractivity contribution < 1.29 is 14.3 Å². The Morgan fingerprint density at radius 1 is 1.69 bits per heavy atom. The zero-order valence-electron chi connectivity index (χ0n) is 9.03. The Hall–Kier alpha value is -1.68. The number of carboxylic acids is 1. The van der Waals surface area contributed by atoms with Gasteiger partial charge in [-0.15, -0.1) is 6.58 Å². The minimum Gasteiger partial charge on any atom is -0.480 e. The van der Waals surface area contributed by atoms with Gasteiger partial charge in [0.05, 0.1) is 0 Å². The summed E-state index contributed by atoms with van der Waals surface area (Å²) in [5, 5.41) is 12.0. The summed E-state index contributed by atoms with van der Waals surface area (Å²) < 4.78 is 13.0. The lowest BCUT2D eigenvalue weighted by molar-refractivity contribution is -0.144. The summed E-state index contributed by atoms with van der Waals surface area (Å²) in [6.45, 7) is 5.33. The Morgan fingerprint density at radius 3 is 2.88 bits per heavy atom. The molecular formula is C12H14FNO2. The third-order valence-electron chi connectivity index (χ3n) is 2.43. The van der Waals surface area contributed by atoms with E-state index in [-0.39, 0.29) is 0 Å². The molecule has 0 aliphatic rings. The van der Waals surface area contributed by atoms with Crippen molar-refractivity contribution in [2.24, 2.45) is 0 Å². The summed E-state index contributed by atoms with van der Waals surface area (Å²) in [5.74, 6) is -1.51. The van der Waals surface area contributed by atoms with Crippen LogP contribution in [-0.2, 0) is 10.3 Å². The molecule has 0 saturated heterocycles. The van der Waals surface area contributed by atoms with Crippen molar-refractivity contribution in [3.63, 3.8) is 0 Å². The Bertz CT molecular complexity index is 406. The number of rotatable bonds is 5. The van der Waals surface area contributed by atoms with Crippen molar-refractivity contribution >= 4 is 5.97 Å². The number of carboxylic acid groups (broad SMARTS) is 1. The number of aliphatic carboxylic acids is 1. The van der Waals surface area contributed by atoms with Gasteiger partial charge in [-0.25, -0.2) is 9.18 Å². The van der Waals surface area contributed by atoms with Crippen molar-refractivity contribution in [3.8, 4) is 0 Å². The first kappa shape index (κ1) is 12.4. The van der Waals surface area contributed by atoms with E-state index in [9.17, 15) is 14.3 Å². The van der Waals surface area contributed by atoms with E-state index in [1.807, 2.05) is 0 Å². The number of halogens is 1. The van der Waals surface area contributed by atoms with Gasteiger partial charge in [0, 0.05) is 6.54 Å². The van der Waals surface area contributed by atoms with Crippen molar-refractivity contribution in [1.29, 1.82) is 0 Å². The number of benzene rings is 1. The van der Waals surface area contributed by atoms with Crippen LogP contribution in [0.1, 0.15) is 12.5 Å². The molecule has 1 unspecified atom stereocenters. The van der Waals surface area contributed by atoms with Crippen LogP contribution in [0.25, 0.3) is 0 Å². The Kier molecular flexibility index (Phi) is 3.79. The summed E-state index contributed by atoms with van der Waals surface area (Å²) >= 11 is 0. The van der Waals surface area contributed by atoms with Gasteiger partial charge in [-0.1, -0.05) is 18.2 Å². The third-order valence-corrected chi connectivity index (χ3v) is 2.43. The molecule has 0 fully saturated rings. The highest BCUT2D eigenvalue weighted by Gasteiger charge is 2.34. The zero-order chi connectivity index (χ0) is 12.2. The van der Waals surface area contributed by atoms with Crippen molar-refractivity contribution in [3.05, 3.63) is 48.3 Å². The van der Waals surface area contributed by atoms with Gasteiger partial charge in [-0.3, -0.25) is 5.32 Å². The van der Waals surface area contributed by atoms with Crippen LogP contribution in [0.15, 0.2) is 36.9 Å². The van der Waals surface area contributed by atoms with Crippen LogP contribution in [0, 0.1) is 5.82 Å². The van der Waals surface area contributed by atoms with Crippen molar-refractivity contribution in [2.75, 3.05) is 6.54 Å². The van der Waals surface area contributed by atoms with Crippen LogP contribution < -0.4 is 5.32 Å². The monoisotopic (exact) mass is 223 g/mol. The maximum absolute atomic E-state index is 13.0. The Labute approximate surface area is 93.6 Å². The maximum Gasteiger partial charge on any atom is 0.328 e. The topological polar surface area (TPSA) is 49.3 Å². The van der Waals surface area contributed by atoms with Gasteiger partial charge in [-0.05, 0) is 24.6 Å². The first-order valence-electron chi connectivity index (χ1n) is 4.86. The maximum atomic E-state index is 13.0. The van der Waals surface area contributed by atoms with Gasteiger partial charge in [-0.2, -0.15) is 0 Å². The predicted octanol–water partition coefficient (Wildman–Crippen LogP) is 1.90. The zero-order valence-corrected chi connectivity index (χ0v) is 9.03. The second kappa shape index (κ2) is 4.90. The number of hydrogen-bond acceptors (Lipinski definition) is 2. The van der Waals surface area contributed by atoms with Gasteiger partial charge in [0.1, 0.15) is 11.4 Å². The molecule has 1 aromatic rings. The number of nitrogens with one attached hydrogen (secondary N) is 1. The van der Waals surface area contributed by atoms with E-state index in [0.717, 1.165) is 0 Å². The number of carbonyl (C=O) groups is 1. The predicted molar refractivity (Wildman–Crippen MR) is 59.6 cm³/mol. The van der Waals surface area contributed by atoms with Crippen LogP contribution >= 0.6 is 0 Å². The highest BCUT2D eigenvalue weighted by Crippen LogP contribution is 2.21. The molecule has 0 aliphatic heterocycles. The molecule has 1 rings (SSSR count). The summed E-state index contributed by atoms with van der Waals surface area (Å²) in [6.07, 6.45) is 1.56. The Balaban J connectivity index is 3.10. The first-order chi connectivity index (χ1) is 7.50. The van der Waals surface area contributed by atoms with E-state index >= 15 is 0 Å². The molecule has 0 amide bonds. The molecule has 4 heteroatoms. The SMILES string of the molecule is C=CCNC(C)(C(=O)O)c1cccc(F)c1. The molecule has 1 aromatic carbocycles. The van der Waals surface area contributed by atoms with E-state index < -0.39 is 17.3 Å². The molecule has 0 heterocycles. The van der Waals surface area contributed by atoms with Gasteiger partial charge in [0.2, 0.25) is 0 Å². The highest BCUT2D eigenvalue weighted by atomic mass is 19.1.